The van der Waals surface area contributed by atoms with Gasteiger partial charge < -0.3 is 10.2 Å². The molecule has 0 heterocycles. The lowest BCUT2D eigenvalue weighted by Gasteiger charge is -1.98. The number of hydrogen-bond donors (Lipinski definition) is 2. The first-order valence-electron chi connectivity index (χ1n) is 6.56. The Kier molecular flexibility index (Phi) is 4.43. The molecule has 0 bridgehead atoms. The monoisotopic (exact) mass is 206 g/mol. The van der Waals surface area contributed by atoms with Crippen LogP contribution < -0.4 is 0 Å². The fraction of sp³-hybridized carbons (Fsp3) is 0.800. The van der Waals surface area contributed by atoms with Crippen LogP contribution in [-0.2, 0) is 9.59 Å². The van der Waals surface area contributed by atoms with Gasteiger partial charge in [-0.05, 0) is 12.8 Å². The molecule has 0 rings (SSSR count). The third kappa shape index (κ3) is 10.9. The minimum Gasteiger partial charge on any atom is -0.481 e. The highest BCUT2D eigenvalue weighted by Crippen LogP contribution is 2.08. The van der Waals surface area contributed by atoms with Crippen molar-refractivity contribution in [1.82, 2.24) is 0 Å². The van der Waals surface area contributed by atoms with Gasteiger partial charge in [0.15, 0.2) is 0 Å². The smallest absolute Gasteiger partial charge is 0.303 e. The van der Waals surface area contributed by atoms with E-state index in [0.717, 1.165) is 0 Å². The van der Waals surface area contributed by atoms with E-state index in [-0.39, 0.29) is 12.8 Å². The average molecular weight is 206 g/mol. The second-order valence-corrected chi connectivity index (χ2v) is 2.91. The Balaban J connectivity index is 3.98. The van der Waals surface area contributed by atoms with Gasteiger partial charge in [-0.1, -0.05) is 25.7 Å². The number of aliphatic carboxylic acids is 2. The lowest BCUT2D eigenvalue weighted by Crippen LogP contribution is -1.94. The number of carbonyl (C=O) groups is 2. The Morgan fingerprint density at radius 1 is 0.929 bits per heavy atom. The summed E-state index contributed by atoms with van der Waals surface area (Å²) in [5.74, 6) is -2.69. The number of hydrogen-bond acceptors (Lipinski definition) is 2. The first-order valence-corrected chi connectivity index (χ1v) is 4.56. The van der Waals surface area contributed by atoms with Gasteiger partial charge in [-0.25, -0.2) is 0 Å². The molecule has 0 saturated carbocycles. The molecule has 0 aromatic heterocycles. The molecule has 0 aliphatic heterocycles. The molecule has 0 aromatic rings. The van der Waals surface area contributed by atoms with E-state index in [1.807, 2.05) is 0 Å². The minimum atomic E-state index is -2.91. The van der Waals surface area contributed by atoms with Crippen molar-refractivity contribution in [3.05, 3.63) is 0 Å². The second kappa shape index (κ2) is 8.53. The molecule has 0 amide bonds. The standard InChI is InChI=1S/C10H18O4/c11-9(12)7-5-3-1-2-4-6-8-10(13)14/h1-8H2,(H,11,12)(H,13,14)/i5D2,7D2. The van der Waals surface area contributed by atoms with E-state index >= 15 is 0 Å². The molecule has 0 saturated heterocycles. The van der Waals surface area contributed by atoms with E-state index in [2.05, 4.69) is 0 Å². The molecule has 0 aliphatic rings. The maximum absolute atomic E-state index is 10.6. The van der Waals surface area contributed by atoms with Crippen molar-refractivity contribution >= 4 is 11.9 Å². The van der Waals surface area contributed by atoms with Crippen LogP contribution in [0, 0.1) is 0 Å². The third-order valence-electron chi connectivity index (χ3n) is 1.64. The molecule has 0 aromatic carbocycles. The van der Waals surface area contributed by atoms with Gasteiger partial charge in [-0.15, -0.1) is 0 Å². The van der Waals surface area contributed by atoms with Crippen molar-refractivity contribution in [3.63, 3.8) is 0 Å². The highest BCUT2D eigenvalue weighted by Gasteiger charge is 1.98. The summed E-state index contributed by atoms with van der Waals surface area (Å²) in [7, 11) is 0. The fourth-order valence-corrected chi connectivity index (χ4v) is 0.981. The highest BCUT2D eigenvalue weighted by molar-refractivity contribution is 5.66. The van der Waals surface area contributed by atoms with Gasteiger partial charge in [-0.2, -0.15) is 0 Å². The zero-order chi connectivity index (χ0) is 14.4. The van der Waals surface area contributed by atoms with E-state index in [1.54, 1.807) is 0 Å². The molecular weight excluding hydrogens is 184 g/mol. The lowest BCUT2D eigenvalue weighted by atomic mass is 10.1. The van der Waals surface area contributed by atoms with E-state index in [1.165, 1.54) is 0 Å². The van der Waals surface area contributed by atoms with Crippen LogP contribution in [0.4, 0.5) is 0 Å². The molecule has 0 unspecified atom stereocenters. The largest absolute Gasteiger partial charge is 0.481 e. The highest BCUT2D eigenvalue weighted by atomic mass is 16.4. The van der Waals surface area contributed by atoms with Crippen LogP contribution in [0.25, 0.3) is 0 Å². The van der Waals surface area contributed by atoms with E-state index in [9.17, 15) is 9.59 Å². The number of carboxylic acids is 2. The Hall–Kier alpha value is -1.06. The van der Waals surface area contributed by atoms with Crippen molar-refractivity contribution in [1.29, 1.82) is 0 Å². The molecule has 0 fully saturated rings. The molecule has 0 atom stereocenters. The predicted octanol–water partition coefficient (Wildman–Crippen LogP) is 2.28. The van der Waals surface area contributed by atoms with Crippen LogP contribution in [0.2, 0.25) is 0 Å². The maximum Gasteiger partial charge on any atom is 0.303 e. The molecule has 0 radical (unpaired) electrons. The number of unbranched alkanes of at least 4 members (excludes halogenated alkanes) is 3. The van der Waals surface area contributed by atoms with Crippen molar-refractivity contribution in [2.75, 3.05) is 0 Å². The van der Waals surface area contributed by atoms with Crippen LogP contribution in [0.15, 0.2) is 0 Å². The second-order valence-electron chi connectivity index (χ2n) is 2.91. The molecule has 2 N–H and O–H groups in total. The molecule has 0 spiro atoms. The molecule has 82 valence electrons. The molecular formula is C10H18O4. The summed E-state index contributed by atoms with van der Waals surface area (Å²) < 4.78 is 29.2. The van der Waals surface area contributed by atoms with Crippen LogP contribution in [0.5, 0.6) is 0 Å². The summed E-state index contributed by atoms with van der Waals surface area (Å²) in [5, 5.41) is 17.0. The molecule has 14 heavy (non-hydrogen) atoms. The van der Waals surface area contributed by atoms with Crippen molar-refractivity contribution in [2.24, 2.45) is 0 Å². The Bertz CT molecular complexity index is 304. The Morgan fingerprint density at radius 2 is 1.50 bits per heavy atom. The third-order valence-corrected chi connectivity index (χ3v) is 1.64. The van der Waals surface area contributed by atoms with E-state index in [0.29, 0.717) is 25.7 Å². The number of carboxylic acid groups (broad SMARTS) is 2. The van der Waals surface area contributed by atoms with Crippen molar-refractivity contribution in [2.45, 2.75) is 51.3 Å². The summed E-state index contributed by atoms with van der Waals surface area (Å²) in [6.07, 6.45) is -3.48. The van der Waals surface area contributed by atoms with Gasteiger partial charge in [0.1, 0.15) is 0 Å². The van der Waals surface area contributed by atoms with Gasteiger partial charge in [0.2, 0.25) is 0 Å². The van der Waals surface area contributed by atoms with Crippen LogP contribution in [-0.4, -0.2) is 22.2 Å². The normalized spacial score (nSPS) is 16.3. The lowest BCUT2D eigenvalue weighted by molar-refractivity contribution is -0.138. The maximum atomic E-state index is 10.6. The predicted molar refractivity (Wildman–Crippen MR) is 52.2 cm³/mol. The van der Waals surface area contributed by atoms with Gasteiger partial charge in [0.05, 0.1) is 0 Å². The number of rotatable bonds is 9. The van der Waals surface area contributed by atoms with Gasteiger partial charge >= 0.3 is 11.9 Å². The van der Waals surface area contributed by atoms with Gasteiger partial charge in [0.25, 0.3) is 0 Å². The fourth-order valence-electron chi connectivity index (χ4n) is 0.981. The van der Waals surface area contributed by atoms with Crippen molar-refractivity contribution < 1.29 is 25.3 Å². The average Bonchev–Trinajstić information content (AvgIpc) is 2.22. The van der Waals surface area contributed by atoms with E-state index in [4.69, 9.17) is 15.7 Å². The zero-order valence-electron chi connectivity index (χ0n) is 12.0. The summed E-state index contributed by atoms with van der Waals surface area (Å²) >= 11 is 0. The summed E-state index contributed by atoms with van der Waals surface area (Å²) in [6, 6.07) is 0. The summed E-state index contributed by atoms with van der Waals surface area (Å²) in [4.78, 5) is 20.8. The van der Waals surface area contributed by atoms with Crippen molar-refractivity contribution in [3.8, 4) is 0 Å². The topological polar surface area (TPSA) is 74.6 Å². The molecule has 4 heteroatoms. The summed E-state index contributed by atoms with van der Waals surface area (Å²) in [5.41, 5.74) is 0. The van der Waals surface area contributed by atoms with Crippen LogP contribution >= 0.6 is 0 Å². The van der Waals surface area contributed by atoms with Crippen LogP contribution in [0.1, 0.15) is 56.8 Å². The SMILES string of the molecule is [2H]C([2H])(CCCCCCC(=O)O)C([2H])([2H])C(=O)O. The Morgan fingerprint density at radius 3 is 2.07 bits per heavy atom. The minimum absolute atomic E-state index is 0.0584. The first kappa shape index (κ1) is 7.26. The molecule has 4 nitrogen and oxygen atoms in total. The molecule has 0 aliphatic carbocycles. The van der Waals surface area contributed by atoms with Gasteiger partial charge in [0, 0.05) is 18.3 Å². The first-order chi connectivity index (χ1) is 8.11. The Labute approximate surface area is 89.6 Å². The zero-order valence-corrected chi connectivity index (χ0v) is 7.95. The quantitative estimate of drug-likeness (QED) is 0.567. The van der Waals surface area contributed by atoms with E-state index < -0.39 is 24.7 Å². The van der Waals surface area contributed by atoms with Gasteiger partial charge in [-0.3, -0.25) is 9.59 Å². The summed E-state index contributed by atoms with van der Waals surface area (Å²) in [6.45, 7) is 0. The van der Waals surface area contributed by atoms with Crippen LogP contribution in [0.3, 0.4) is 0 Å².